The van der Waals surface area contributed by atoms with Crippen molar-refractivity contribution in [2.75, 3.05) is 20.3 Å². The molecule has 0 aliphatic heterocycles. The van der Waals surface area contributed by atoms with Crippen molar-refractivity contribution in [2.45, 2.75) is 180 Å². The van der Waals surface area contributed by atoms with E-state index in [9.17, 15) is 19.0 Å². The minimum atomic E-state index is -4.27. The number of esters is 2. The summed E-state index contributed by atoms with van der Waals surface area (Å²) in [7, 11) is -3.22. The number of unbranched alkanes of at least 4 members (excludes halogenated alkanes) is 16. The first kappa shape index (κ1) is 49.8. The van der Waals surface area contributed by atoms with Crippen molar-refractivity contribution < 1.29 is 37.6 Å². The van der Waals surface area contributed by atoms with Gasteiger partial charge in [-0.25, -0.2) is 4.57 Å². The molecule has 300 valence electrons. The molecule has 2 unspecified atom stereocenters. The molecule has 0 aromatic carbocycles. The van der Waals surface area contributed by atoms with Gasteiger partial charge in [-0.3, -0.25) is 18.6 Å². The smallest absolute Gasteiger partial charge is 0.462 e. The highest BCUT2D eigenvalue weighted by Gasteiger charge is 2.24. The molecule has 1 N–H and O–H groups in total. The fourth-order valence-corrected chi connectivity index (χ4v) is 5.85. The molecule has 0 aromatic heterocycles. The largest absolute Gasteiger partial charge is 0.472 e. The Labute approximate surface area is 318 Å². The van der Waals surface area contributed by atoms with Crippen LogP contribution in [0.4, 0.5) is 0 Å². The van der Waals surface area contributed by atoms with Crippen LogP contribution in [0.2, 0.25) is 0 Å². The second-order valence-electron chi connectivity index (χ2n) is 13.4. The van der Waals surface area contributed by atoms with Gasteiger partial charge in [-0.15, -0.1) is 0 Å². The molecule has 8 nitrogen and oxygen atoms in total. The van der Waals surface area contributed by atoms with E-state index in [2.05, 4.69) is 79.1 Å². The van der Waals surface area contributed by atoms with Gasteiger partial charge in [0.15, 0.2) is 6.10 Å². The van der Waals surface area contributed by atoms with Crippen LogP contribution in [-0.2, 0) is 32.7 Å². The van der Waals surface area contributed by atoms with E-state index in [1.807, 2.05) is 0 Å². The Morgan fingerprint density at radius 3 is 1.46 bits per heavy atom. The van der Waals surface area contributed by atoms with Gasteiger partial charge >= 0.3 is 19.8 Å². The Morgan fingerprint density at radius 1 is 0.558 bits per heavy atom. The first-order valence-electron chi connectivity index (χ1n) is 20.5. The number of allylic oxidation sites excluding steroid dienone is 10. The number of rotatable bonds is 37. The van der Waals surface area contributed by atoms with E-state index in [0.717, 1.165) is 77.7 Å². The van der Waals surface area contributed by atoms with Crippen molar-refractivity contribution in [1.82, 2.24) is 0 Å². The maximum Gasteiger partial charge on any atom is 0.472 e. The third-order valence-electron chi connectivity index (χ3n) is 8.53. The van der Waals surface area contributed by atoms with Crippen molar-refractivity contribution in [3.8, 4) is 0 Å². The SMILES string of the molecule is CC/C=C\C/C=C\C/C=C\C/C=C\C/C=C\CCCCCC(=O)OC(COC(=O)CCCCCCCCCCCCCCCC)COP(=O)(O)OC. The molecule has 0 saturated heterocycles. The zero-order valence-electron chi connectivity index (χ0n) is 33.2. The summed E-state index contributed by atoms with van der Waals surface area (Å²) in [6.45, 7) is 3.74. The standard InChI is InChI=1S/C43H75O8P/c1-4-6-8-10-12-14-16-18-20-21-22-23-24-26-28-30-32-34-36-38-43(45)51-41(40-50-52(46,47)48-3)39-49-42(44)37-35-33-31-29-27-25-19-17-15-13-11-9-7-5-2/h6,8,12,14,18,20,22-23,26,28,41H,4-5,7,9-11,13,15-17,19,21,24-25,27,29-40H2,1-3H3,(H,46,47)/b8-6-,14-12-,20-18-,23-22-,28-26-. The van der Waals surface area contributed by atoms with Crippen molar-refractivity contribution in [3.63, 3.8) is 0 Å². The van der Waals surface area contributed by atoms with E-state index in [0.29, 0.717) is 6.42 Å². The Hall–Kier alpha value is -2.25. The highest BCUT2D eigenvalue weighted by Crippen LogP contribution is 2.42. The van der Waals surface area contributed by atoms with Crippen LogP contribution < -0.4 is 0 Å². The predicted molar refractivity (Wildman–Crippen MR) is 216 cm³/mol. The third-order valence-corrected chi connectivity index (χ3v) is 9.46. The van der Waals surface area contributed by atoms with E-state index in [4.69, 9.17) is 14.0 Å². The molecule has 0 aliphatic rings. The average Bonchev–Trinajstić information content (AvgIpc) is 3.13. The third kappa shape index (κ3) is 37.5. The second kappa shape index (κ2) is 38.5. The molecule has 0 heterocycles. The van der Waals surface area contributed by atoms with Crippen LogP contribution in [0.1, 0.15) is 174 Å². The number of carbonyl (C=O) groups is 2. The molecule has 0 spiro atoms. The summed E-state index contributed by atoms with van der Waals surface area (Å²) in [6.07, 6.45) is 47.0. The van der Waals surface area contributed by atoms with E-state index >= 15 is 0 Å². The van der Waals surface area contributed by atoms with Crippen LogP contribution in [0.15, 0.2) is 60.8 Å². The van der Waals surface area contributed by atoms with Crippen molar-refractivity contribution >= 4 is 19.8 Å². The Bertz CT molecular complexity index is 1030. The van der Waals surface area contributed by atoms with E-state index in [1.165, 1.54) is 70.6 Å². The summed E-state index contributed by atoms with van der Waals surface area (Å²) in [5.74, 6) is -0.842. The number of phosphoric acid groups is 1. The van der Waals surface area contributed by atoms with E-state index in [1.54, 1.807) is 0 Å². The number of carbonyl (C=O) groups excluding carboxylic acids is 2. The van der Waals surface area contributed by atoms with Crippen molar-refractivity contribution in [3.05, 3.63) is 60.8 Å². The molecule has 0 bridgehead atoms. The predicted octanol–water partition coefficient (Wildman–Crippen LogP) is 12.8. The maximum atomic E-state index is 12.5. The summed E-state index contributed by atoms with van der Waals surface area (Å²) in [5, 5.41) is 0. The Kier molecular flexibility index (Phi) is 36.8. The van der Waals surface area contributed by atoms with Crippen LogP contribution in [0.25, 0.3) is 0 Å². The van der Waals surface area contributed by atoms with E-state index < -0.39 is 26.5 Å². The minimum absolute atomic E-state index is 0.205. The second-order valence-corrected chi connectivity index (χ2v) is 15.0. The van der Waals surface area contributed by atoms with Gasteiger partial charge in [0.05, 0.1) is 6.61 Å². The minimum Gasteiger partial charge on any atom is -0.462 e. The summed E-state index contributed by atoms with van der Waals surface area (Å²) < 4.78 is 31.9. The molecule has 0 saturated carbocycles. The molecule has 0 aliphatic carbocycles. The van der Waals surface area contributed by atoms with Gasteiger partial charge in [-0.1, -0.05) is 164 Å². The lowest BCUT2D eigenvalue weighted by molar-refractivity contribution is -0.161. The van der Waals surface area contributed by atoms with Gasteiger partial charge in [-0.05, 0) is 57.8 Å². The lowest BCUT2D eigenvalue weighted by Crippen LogP contribution is -2.29. The first-order chi connectivity index (χ1) is 25.3. The number of phosphoric ester groups is 1. The first-order valence-corrected chi connectivity index (χ1v) is 22.0. The van der Waals surface area contributed by atoms with Crippen LogP contribution in [0.5, 0.6) is 0 Å². The summed E-state index contributed by atoms with van der Waals surface area (Å²) in [5.41, 5.74) is 0. The molecule has 2 atom stereocenters. The number of ether oxygens (including phenoxy) is 2. The number of hydrogen-bond acceptors (Lipinski definition) is 7. The fourth-order valence-electron chi connectivity index (χ4n) is 5.39. The zero-order valence-corrected chi connectivity index (χ0v) is 34.1. The molecule has 9 heteroatoms. The topological polar surface area (TPSA) is 108 Å². The van der Waals surface area contributed by atoms with Gasteiger partial charge < -0.3 is 14.4 Å². The van der Waals surface area contributed by atoms with Gasteiger partial charge in [0.25, 0.3) is 0 Å². The maximum absolute atomic E-state index is 12.5. The van der Waals surface area contributed by atoms with Crippen LogP contribution in [0, 0.1) is 0 Å². The van der Waals surface area contributed by atoms with Gasteiger partial charge in [0.2, 0.25) is 0 Å². The van der Waals surface area contributed by atoms with Gasteiger partial charge in [0.1, 0.15) is 6.61 Å². The highest BCUT2D eigenvalue weighted by molar-refractivity contribution is 7.47. The molecular weight excluding hydrogens is 675 g/mol. The quantitative estimate of drug-likeness (QED) is 0.0289. The lowest BCUT2D eigenvalue weighted by atomic mass is 10.0. The molecule has 0 fully saturated rings. The molecule has 0 amide bonds. The van der Waals surface area contributed by atoms with Gasteiger partial charge in [0, 0.05) is 20.0 Å². The highest BCUT2D eigenvalue weighted by atomic mass is 31.2. The molecular formula is C43H75O8P. The summed E-state index contributed by atoms with van der Waals surface area (Å²) >= 11 is 0. The summed E-state index contributed by atoms with van der Waals surface area (Å²) in [6, 6.07) is 0. The van der Waals surface area contributed by atoms with Gasteiger partial charge in [-0.2, -0.15) is 0 Å². The van der Waals surface area contributed by atoms with Crippen molar-refractivity contribution in [1.29, 1.82) is 0 Å². The molecule has 52 heavy (non-hydrogen) atoms. The molecule has 0 radical (unpaired) electrons. The number of hydrogen-bond donors (Lipinski definition) is 1. The van der Waals surface area contributed by atoms with Crippen LogP contribution in [-0.4, -0.2) is 43.3 Å². The van der Waals surface area contributed by atoms with E-state index in [-0.39, 0.29) is 25.4 Å². The fraction of sp³-hybridized carbons (Fsp3) is 0.721. The molecule has 0 rings (SSSR count). The van der Waals surface area contributed by atoms with Crippen LogP contribution >= 0.6 is 7.82 Å². The van der Waals surface area contributed by atoms with Crippen LogP contribution in [0.3, 0.4) is 0 Å². The monoisotopic (exact) mass is 751 g/mol. The Balaban J connectivity index is 4.10. The lowest BCUT2D eigenvalue weighted by Gasteiger charge is -2.19. The Morgan fingerprint density at radius 2 is 0.981 bits per heavy atom. The summed E-state index contributed by atoms with van der Waals surface area (Å²) in [4.78, 5) is 34.4. The molecule has 0 aromatic rings. The zero-order chi connectivity index (χ0) is 38.2. The average molecular weight is 751 g/mol. The normalized spacial score (nSPS) is 14.0. The van der Waals surface area contributed by atoms with Crippen molar-refractivity contribution in [2.24, 2.45) is 0 Å².